The maximum Gasteiger partial charge on any atom is 0.164 e. The molecule has 3 nitrogen and oxygen atoms in total. The smallest absolute Gasteiger partial charge is 0.164 e. The molecule has 0 aliphatic heterocycles. The number of halogens is 1. The van der Waals surface area contributed by atoms with Gasteiger partial charge in [0.15, 0.2) is 5.78 Å². The number of hydrogen-bond acceptors (Lipinski definition) is 3. The molecule has 0 heterocycles. The second-order valence-electron chi connectivity index (χ2n) is 4.67. The minimum absolute atomic E-state index is 0.0434. The van der Waals surface area contributed by atoms with E-state index in [0.29, 0.717) is 31.1 Å². The second-order valence-corrected chi connectivity index (χ2v) is 4.67. The molecule has 98 valence electrons. The van der Waals surface area contributed by atoms with Crippen molar-refractivity contribution in [3.05, 3.63) is 35.6 Å². The van der Waals surface area contributed by atoms with Gasteiger partial charge in [0.1, 0.15) is 5.82 Å². The van der Waals surface area contributed by atoms with Gasteiger partial charge in [-0.2, -0.15) is 0 Å². The zero-order valence-electron chi connectivity index (χ0n) is 10.3. The molecule has 1 fully saturated rings. The Hall–Kier alpha value is -1.26. The van der Waals surface area contributed by atoms with Crippen LogP contribution in [0.15, 0.2) is 24.3 Å². The molecule has 0 bridgehead atoms. The molecule has 1 aliphatic rings. The fraction of sp³-hybridized carbons (Fsp3) is 0.500. The van der Waals surface area contributed by atoms with Gasteiger partial charge in [-0.25, -0.2) is 4.39 Å². The standard InChI is InChI=1S/C14H18FNO2/c15-12-3-1-2-11(10-12)14(18)6-7-16(8-9-17)13-4-5-13/h1-3,10,13,17H,4-9H2. The van der Waals surface area contributed by atoms with Crippen LogP contribution in [0.4, 0.5) is 4.39 Å². The summed E-state index contributed by atoms with van der Waals surface area (Å²) in [6.45, 7) is 1.37. The average molecular weight is 251 g/mol. The average Bonchev–Trinajstić information content (AvgIpc) is 3.18. The summed E-state index contributed by atoms with van der Waals surface area (Å²) in [5, 5.41) is 8.96. The zero-order valence-corrected chi connectivity index (χ0v) is 10.3. The third-order valence-electron chi connectivity index (χ3n) is 3.22. The predicted molar refractivity (Wildman–Crippen MR) is 67.0 cm³/mol. The quantitative estimate of drug-likeness (QED) is 0.752. The van der Waals surface area contributed by atoms with Gasteiger partial charge in [0, 0.05) is 31.1 Å². The minimum Gasteiger partial charge on any atom is -0.395 e. The number of benzene rings is 1. The molecule has 4 heteroatoms. The van der Waals surface area contributed by atoms with Crippen LogP contribution in [0, 0.1) is 5.82 Å². The van der Waals surface area contributed by atoms with Crippen molar-refractivity contribution in [2.45, 2.75) is 25.3 Å². The molecule has 0 radical (unpaired) electrons. The van der Waals surface area contributed by atoms with Crippen molar-refractivity contribution in [2.75, 3.05) is 19.7 Å². The van der Waals surface area contributed by atoms with Gasteiger partial charge in [0.2, 0.25) is 0 Å². The molecule has 0 amide bonds. The van der Waals surface area contributed by atoms with E-state index in [1.54, 1.807) is 12.1 Å². The molecule has 0 unspecified atom stereocenters. The summed E-state index contributed by atoms with van der Waals surface area (Å²) in [6, 6.07) is 6.32. The molecule has 2 rings (SSSR count). The van der Waals surface area contributed by atoms with Crippen LogP contribution >= 0.6 is 0 Å². The van der Waals surface area contributed by atoms with Crippen LogP contribution < -0.4 is 0 Å². The third kappa shape index (κ3) is 3.62. The van der Waals surface area contributed by atoms with E-state index in [9.17, 15) is 9.18 Å². The van der Waals surface area contributed by atoms with Gasteiger partial charge in [0.05, 0.1) is 6.61 Å². The Morgan fingerprint density at radius 3 is 2.78 bits per heavy atom. The highest BCUT2D eigenvalue weighted by molar-refractivity contribution is 5.96. The van der Waals surface area contributed by atoms with E-state index >= 15 is 0 Å². The molecule has 1 N–H and O–H groups in total. The topological polar surface area (TPSA) is 40.5 Å². The second kappa shape index (κ2) is 6.07. The van der Waals surface area contributed by atoms with Crippen molar-refractivity contribution in [3.63, 3.8) is 0 Å². The minimum atomic E-state index is -0.379. The van der Waals surface area contributed by atoms with Crippen LogP contribution in [-0.4, -0.2) is 41.5 Å². The number of rotatable bonds is 7. The highest BCUT2D eigenvalue weighted by Gasteiger charge is 2.28. The number of Topliss-reactive ketones (excluding diaryl/α,β-unsaturated/α-hetero) is 1. The molecule has 0 saturated heterocycles. The molecule has 1 aromatic carbocycles. The van der Waals surface area contributed by atoms with Gasteiger partial charge in [-0.1, -0.05) is 12.1 Å². The number of nitrogens with zero attached hydrogens (tertiary/aromatic N) is 1. The maximum atomic E-state index is 13.0. The lowest BCUT2D eigenvalue weighted by Crippen LogP contribution is -2.31. The van der Waals surface area contributed by atoms with E-state index in [2.05, 4.69) is 4.90 Å². The summed E-state index contributed by atoms with van der Waals surface area (Å²) in [4.78, 5) is 14.0. The van der Waals surface area contributed by atoms with Crippen LogP contribution in [0.3, 0.4) is 0 Å². The molecular formula is C14H18FNO2. The summed E-state index contributed by atoms with van der Waals surface area (Å²) < 4.78 is 13.0. The fourth-order valence-electron chi connectivity index (χ4n) is 2.10. The highest BCUT2D eigenvalue weighted by atomic mass is 19.1. The van der Waals surface area contributed by atoms with Crippen LogP contribution in [0.5, 0.6) is 0 Å². The first-order valence-electron chi connectivity index (χ1n) is 6.34. The maximum absolute atomic E-state index is 13.0. The third-order valence-corrected chi connectivity index (χ3v) is 3.22. The summed E-state index contributed by atoms with van der Waals surface area (Å²) in [6.07, 6.45) is 2.67. The molecule has 0 aromatic heterocycles. The number of hydrogen-bond donors (Lipinski definition) is 1. The van der Waals surface area contributed by atoms with Gasteiger partial charge in [-0.3, -0.25) is 9.69 Å². The molecule has 0 spiro atoms. The molecule has 1 saturated carbocycles. The van der Waals surface area contributed by atoms with E-state index in [0.717, 1.165) is 12.8 Å². The Balaban J connectivity index is 1.87. The summed E-state index contributed by atoms with van der Waals surface area (Å²) in [5.41, 5.74) is 0.426. The van der Waals surface area contributed by atoms with Crippen molar-refractivity contribution in [1.82, 2.24) is 4.90 Å². The first-order valence-corrected chi connectivity index (χ1v) is 6.34. The Bertz CT molecular complexity index is 418. The van der Waals surface area contributed by atoms with Crippen LogP contribution in [-0.2, 0) is 0 Å². The van der Waals surface area contributed by atoms with Gasteiger partial charge in [-0.05, 0) is 25.0 Å². The largest absolute Gasteiger partial charge is 0.395 e. The molecular weight excluding hydrogens is 233 g/mol. The molecule has 1 aliphatic carbocycles. The lowest BCUT2D eigenvalue weighted by Gasteiger charge is -2.20. The van der Waals surface area contributed by atoms with E-state index in [4.69, 9.17) is 5.11 Å². The Morgan fingerprint density at radius 1 is 1.39 bits per heavy atom. The van der Waals surface area contributed by atoms with Crippen molar-refractivity contribution in [2.24, 2.45) is 0 Å². The van der Waals surface area contributed by atoms with Crippen molar-refractivity contribution in [3.8, 4) is 0 Å². The monoisotopic (exact) mass is 251 g/mol. The number of aliphatic hydroxyl groups excluding tert-OH is 1. The fourth-order valence-corrected chi connectivity index (χ4v) is 2.10. The van der Waals surface area contributed by atoms with Crippen molar-refractivity contribution < 1.29 is 14.3 Å². The lowest BCUT2D eigenvalue weighted by molar-refractivity contribution is 0.0954. The Kier molecular flexibility index (Phi) is 4.44. The Labute approximate surface area is 106 Å². The molecule has 18 heavy (non-hydrogen) atoms. The van der Waals surface area contributed by atoms with Gasteiger partial charge in [0.25, 0.3) is 0 Å². The SMILES string of the molecule is O=C(CCN(CCO)C1CC1)c1cccc(F)c1. The number of carbonyl (C=O) groups is 1. The number of ketones is 1. The van der Waals surface area contributed by atoms with E-state index in [1.165, 1.54) is 12.1 Å². The summed E-state index contributed by atoms with van der Waals surface area (Å²) in [7, 11) is 0. The first-order chi connectivity index (χ1) is 8.70. The summed E-state index contributed by atoms with van der Waals surface area (Å²) in [5.74, 6) is -0.423. The Morgan fingerprint density at radius 2 is 2.17 bits per heavy atom. The highest BCUT2D eigenvalue weighted by Crippen LogP contribution is 2.26. The molecule has 1 aromatic rings. The predicted octanol–water partition coefficient (Wildman–Crippen LogP) is 1.86. The van der Waals surface area contributed by atoms with Crippen molar-refractivity contribution in [1.29, 1.82) is 0 Å². The van der Waals surface area contributed by atoms with Gasteiger partial charge < -0.3 is 5.11 Å². The number of carbonyl (C=O) groups excluding carboxylic acids is 1. The normalized spacial score (nSPS) is 15.1. The van der Waals surface area contributed by atoms with Gasteiger partial charge >= 0.3 is 0 Å². The molecule has 0 atom stereocenters. The zero-order chi connectivity index (χ0) is 13.0. The van der Waals surface area contributed by atoms with Gasteiger partial charge in [-0.15, -0.1) is 0 Å². The number of aliphatic hydroxyl groups is 1. The van der Waals surface area contributed by atoms with E-state index in [1.807, 2.05) is 0 Å². The van der Waals surface area contributed by atoms with Crippen molar-refractivity contribution >= 4 is 5.78 Å². The van der Waals surface area contributed by atoms with Crippen LogP contribution in [0.1, 0.15) is 29.6 Å². The first kappa shape index (κ1) is 13.2. The van der Waals surface area contributed by atoms with E-state index < -0.39 is 0 Å². The van der Waals surface area contributed by atoms with Crippen LogP contribution in [0.2, 0.25) is 0 Å². The summed E-state index contributed by atoms with van der Waals surface area (Å²) >= 11 is 0. The van der Waals surface area contributed by atoms with E-state index in [-0.39, 0.29) is 18.2 Å². The van der Waals surface area contributed by atoms with Crippen LogP contribution in [0.25, 0.3) is 0 Å². The lowest BCUT2D eigenvalue weighted by atomic mass is 10.1.